The first-order valence-corrected chi connectivity index (χ1v) is 7.08. The van der Waals surface area contributed by atoms with E-state index < -0.39 is 12.7 Å². The van der Waals surface area contributed by atoms with Crippen LogP contribution in [0.15, 0.2) is 0 Å². The van der Waals surface area contributed by atoms with Gasteiger partial charge in [0.1, 0.15) is 0 Å². The van der Waals surface area contributed by atoms with E-state index in [2.05, 4.69) is 0 Å². The van der Waals surface area contributed by atoms with Crippen molar-refractivity contribution in [3.63, 3.8) is 0 Å². The topological polar surface area (TPSA) is 43.9 Å². The van der Waals surface area contributed by atoms with Crippen LogP contribution in [0.1, 0.15) is 12.8 Å². The molecule has 1 saturated heterocycles. The summed E-state index contributed by atoms with van der Waals surface area (Å²) < 4.78 is 36.6. The standard InChI is InChI=1S/C13H20F3N3O2/c1-17(9-13(14,15)16)8-11(20)18-4-6-19(7-5-18)12(21)10-2-3-10/h10H,2-9H2,1H3. The Bertz CT molecular complexity index is 402. The van der Waals surface area contributed by atoms with E-state index >= 15 is 0 Å². The molecule has 1 aliphatic carbocycles. The van der Waals surface area contributed by atoms with Crippen LogP contribution < -0.4 is 0 Å². The molecule has 2 fully saturated rings. The molecule has 1 heterocycles. The highest BCUT2D eigenvalue weighted by molar-refractivity contribution is 5.82. The fourth-order valence-electron chi connectivity index (χ4n) is 2.46. The van der Waals surface area contributed by atoms with E-state index in [0.717, 1.165) is 17.7 Å². The molecule has 5 nitrogen and oxygen atoms in total. The number of amides is 2. The molecule has 21 heavy (non-hydrogen) atoms. The summed E-state index contributed by atoms with van der Waals surface area (Å²) in [6.07, 6.45) is -2.41. The number of hydrogen-bond donors (Lipinski definition) is 0. The van der Waals surface area contributed by atoms with Gasteiger partial charge < -0.3 is 9.80 Å². The maximum Gasteiger partial charge on any atom is 0.401 e. The smallest absolute Gasteiger partial charge is 0.339 e. The van der Waals surface area contributed by atoms with Crippen molar-refractivity contribution >= 4 is 11.8 Å². The van der Waals surface area contributed by atoms with Crippen LogP contribution in [0.2, 0.25) is 0 Å². The molecule has 0 unspecified atom stereocenters. The maximum absolute atomic E-state index is 12.2. The molecule has 0 N–H and O–H groups in total. The van der Waals surface area contributed by atoms with Crippen molar-refractivity contribution in [2.45, 2.75) is 19.0 Å². The molecule has 2 amide bonds. The molecule has 1 saturated carbocycles. The second-order valence-electron chi connectivity index (χ2n) is 5.77. The zero-order valence-electron chi connectivity index (χ0n) is 12.0. The molecule has 2 rings (SSSR count). The summed E-state index contributed by atoms with van der Waals surface area (Å²) in [5.74, 6) is -0.0123. The molecule has 120 valence electrons. The lowest BCUT2D eigenvalue weighted by Gasteiger charge is -2.35. The fourth-order valence-corrected chi connectivity index (χ4v) is 2.46. The molecule has 0 bridgehead atoms. The van der Waals surface area contributed by atoms with Crippen LogP contribution in [0.5, 0.6) is 0 Å². The van der Waals surface area contributed by atoms with Gasteiger partial charge in [0.2, 0.25) is 11.8 Å². The predicted octanol–water partition coefficient (Wildman–Crippen LogP) is 0.561. The third-order valence-electron chi connectivity index (χ3n) is 3.73. The summed E-state index contributed by atoms with van der Waals surface area (Å²) in [6.45, 7) is 0.400. The van der Waals surface area contributed by atoms with Crippen molar-refractivity contribution in [1.82, 2.24) is 14.7 Å². The molecular weight excluding hydrogens is 287 g/mol. The Morgan fingerprint density at radius 2 is 1.62 bits per heavy atom. The zero-order valence-corrected chi connectivity index (χ0v) is 12.0. The van der Waals surface area contributed by atoms with Crippen molar-refractivity contribution in [3.05, 3.63) is 0 Å². The normalized spacial score (nSPS) is 20.0. The molecule has 0 radical (unpaired) electrons. The molecule has 0 spiro atoms. The summed E-state index contributed by atoms with van der Waals surface area (Å²) >= 11 is 0. The van der Waals surface area contributed by atoms with Gasteiger partial charge in [0.15, 0.2) is 0 Å². The lowest BCUT2D eigenvalue weighted by Crippen LogP contribution is -2.53. The minimum absolute atomic E-state index is 0.149. The molecule has 0 aromatic rings. The third kappa shape index (κ3) is 4.87. The Morgan fingerprint density at radius 3 is 2.10 bits per heavy atom. The van der Waals surface area contributed by atoms with Gasteiger partial charge in [0, 0.05) is 32.1 Å². The van der Waals surface area contributed by atoms with Crippen molar-refractivity contribution in [3.8, 4) is 0 Å². The molecule has 0 aromatic heterocycles. The molecule has 0 aromatic carbocycles. The Balaban J connectivity index is 1.73. The van der Waals surface area contributed by atoms with Crippen molar-refractivity contribution in [1.29, 1.82) is 0 Å². The van der Waals surface area contributed by atoms with E-state index in [4.69, 9.17) is 0 Å². The number of carbonyl (C=O) groups is 2. The second kappa shape index (κ2) is 6.21. The predicted molar refractivity (Wildman–Crippen MR) is 69.4 cm³/mol. The van der Waals surface area contributed by atoms with E-state index in [1.165, 1.54) is 11.9 Å². The van der Waals surface area contributed by atoms with Gasteiger partial charge in [-0.25, -0.2) is 0 Å². The monoisotopic (exact) mass is 307 g/mol. The quantitative estimate of drug-likeness (QED) is 0.762. The molecule has 1 aliphatic heterocycles. The molecular formula is C13H20F3N3O2. The Morgan fingerprint density at radius 1 is 1.10 bits per heavy atom. The van der Waals surface area contributed by atoms with E-state index in [0.29, 0.717) is 26.2 Å². The Kier molecular flexibility index (Phi) is 4.75. The third-order valence-corrected chi connectivity index (χ3v) is 3.73. The average Bonchev–Trinajstić information content (AvgIpc) is 3.20. The van der Waals surface area contributed by atoms with Crippen LogP contribution in [0.25, 0.3) is 0 Å². The lowest BCUT2D eigenvalue weighted by atomic mass is 10.2. The molecule has 2 aliphatic rings. The van der Waals surface area contributed by atoms with E-state index in [9.17, 15) is 22.8 Å². The van der Waals surface area contributed by atoms with Crippen LogP contribution in [-0.4, -0.2) is 79.0 Å². The lowest BCUT2D eigenvalue weighted by molar-refractivity contribution is -0.150. The SMILES string of the molecule is CN(CC(=O)N1CCN(C(=O)C2CC2)CC1)CC(F)(F)F. The van der Waals surface area contributed by atoms with Gasteiger partial charge in [-0.1, -0.05) is 0 Å². The summed E-state index contributed by atoms with van der Waals surface area (Å²) in [5.41, 5.74) is 0. The summed E-state index contributed by atoms with van der Waals surface area (Å²) in [5, 5.41) is 0. The van der Waals surface area contributed by atoms with Crippen molar-refractivity contribution < 1.29 is 22.8 Å². The van der Waals surface area contributed by atoms with E-state index in [1.807, 2.05) is 0 Å². The Hall–Kier alpha value is -1.31. The number of alkyl halides is 3. The number of hydrogen-bond acceptors (Lipinski definition) is 3. The van der Waals surface area contributed by atoms with Gasteiger partial charge in [0.25, 0.3) is 0 Å². The zero-order chi connectivity index (χ0) is 15.6. The highest BCUT2D eigenvalue weighted by Gasteiger charge is 2.35. The second-order valence-corrected chi connectivity index (χ2v) is 5.77. The number of nitrogens with zero attached hydrogens (tertiary/aromatic N) is 3. The first-order valence-electron chi connectivity index (χ1n) is 7.08. The minimum atomic E-state index is -4.30. The van der Waals surface area contributed by atoms with Crippen molar-refractivity contribution in [2.24, 2.45) is 5.92 Å². The largest absolute Gasteiger partial charge is 0.401 e. The van der Waals surface area contributed by atoms with Gasteiger partial charge in [-0.05, 0) is 19.9 Å². The van der Waals surface area contributed by atoms with Crippen LogP contribution in [0.3, 0.4) is 0 Å². The fraction of sp³-hybridized carbons (Fsp3) is 0.846. The first-order chi connectivity index (χ1) is 9.76. The van der Waals surface area contributed by atoms with Gasteiger partial charge >= 0.3 is 6.18 Å². The first kappa shape index (κ1) is 16.1. The average molecular weight is 307 g/mol. The number of piperazine rings is 1. The van der Waals surface area contributed by atoms with Crippen LogP contribution in [-0.2, 0) is 9.59 Å². The Labute approximate surface area is 121 Å². The van der Waals surface area contributed by atoms with Crippen LogP contribution in [0.4, 0.5) is 13.2 Å². The highest BCUT2D eigenvalue weighted by atomic mass is 19.4. The van der Waals surface area contributed by atoms with Gasteiger partial charge in [-0.15, -0.1) is 0 Å². The van der Waals surface area contributed by atoms with Crippen LogP contribution >= 0.6 is 0 Å². The van der Waals surface area contributed by atoms with Crippen LogP contribution in [0, 0.1) is 5.92 Å². The van der Waals surface area contributed by atoms with E-state index in [-0.39, 0.29) is 24.3 Å². The summed E-state index contributed by atoms with van der Waals surface area (Å²) in [4.78, 5) is 28.0. The number of halogens is 3. The van der Waals surface area contributed by atoms with Gasteiger partial charge in [-0.2, -0.15) is 13.2 Å². The number of rotatable bonds is 4. The summed E-state index contributed by atoms with van der Waals surface area (Å²) in [6, 6.07) is 0. The number of likely N-dealkylation sites (N-methyl/N-ethyl adjacent to an activating group) is 1. The van der Waals surface area contributed by atoms with Crippen molar-refractivity contribution in [2.75, 3.05) is 46.3 Å². The minimum Gasteiger partial charge on any atom is -0.339 e. The van der Waals surface area contributed by atoms with E-state index in [1.54, 1.807) is 4.90 Å². The van der Waals surface area contributed by atoms with Gasteiger partial charge in [-0.3, -0.25) is 14.5 Å². The summed E-state index contributed by atoms with van der Waals surface area (Å²) in [7, 11) is 1.28. The highest BCUT2D eigenvalue weighted by Crippen LogP contribution is 2.31. The maximum atomic E-state index is 12.2. The number of carbonyl (C=O) groups excluding carboxylic acids is 2. The van der Waals surface area contributed by atoms with Gasteiger partial charge in [0.05, 0.1) is 13.1 Å². The molecule has 0 atom stereocenters. The molecule has 8 heteroatoms.